The van der Waals surface area contributed by atoms with Crippen molar-refractivity contribution < 1.29 is 17.9 Å². The lowest BCUT2D eigenvalue weighted by molar-refractivity contribution is -0.274. The van der Waals surface area contributed by atoms with Crippen LogP contribution in [-0.4, -0.2) is 6.36 Å². The molecule has 0 atom stereocenters. The smallest absolute Gasteiger partial charge is 0.406 e. The van der Waals surface area contributed by atoms with Crippen molar-refractivity contribution in [3.8, 4) is 17.6 Å². The zero-order chi connectivity index (χ0) is 11.3. The molecule has 4 heteroatoms. The Hall–Kier alpha value is -1.63. The monoisotopic (exact) mass is 214 g/mol. The maximum atomic E-state index is 11.9. The van der Waals surface area contributed by atoms with Gasteiger partial charge in [0.05, 0.1) is 0 Å². The third kappa shape index (κ3) is 4.41. The van der Waals surface area contributed by atoms with E-state index in [0.29, 0.717) is 12.0 Å². The SMILES string of the molecule is CCC#Cc1cccc(OC(F)(F)F)c1. The third-order valence-corrected chi connectivity index (χ3v) is 1.48. The van der Waals surface area contributed by atoms with Crippen molar-refractivity contribution in [3.63, 3.8) is 0 Å². The number of hydrogen-bond acceptors (Lipinski definition) is 1. The van der Waals surface area contributed by atoms with E-state index in [2.05, 4.69) is 16.6 Å². The average Bonchev–Trinajstić information content (AvgIpc) is 2.12. The molecule has 1 aromatic rings. The van der Waals surface area contributed by atoms with E-state index in [1.165, 1.54) is 18.2 Å². The van der Waals surface area contributed by atoms with Crippen LogP contribution in [0.1, 0.15) is 18.9 Å². The van der Waals surface area contributed by atoms with Crippen molar-refractivity contribution in [2.75, 3.05) is 0 Å². The highest BCUT2D eigenvalue weighted by Crippen LogP contribution is 2.22. The van der Waals surface area contributed by atoms with Crippen molar-refractivity contribution in [2.45, 2.75) is 19.7 Å². The Bertz CT molecular complexity index is 385. The van der Waals surface area contributed by atoms with Crippen molar-refractivity contribution >= 4 is 0 Å². The normalized spacial score (nSPS) is 10.4. The van der Waals surface area contributed by atoms with Crippen LogP contribution < -0.4 is 4.74 Å². The van der Waals surface area contributed by atoms with Gasteiger partial charge in [0.1, 0.15) is 5.75 Å². The van der Waals surface area contributed by atoms with Crippen LogP contribution in [0.5, 0.6) is 5.75 Å². The van der Waals surface area contributed by atoms with Gasteiger partial charge in [0.15, 0.2) is 0 Å². The number of ether oxygens (including phenoxy) is 1. The Balaban J connectivity index is 2.83. The first-order valence-corrected chi connectivity index (χ1v) is 4.36. The van der Waals surface area contributed by atoms with Gasteiger partial charge < -0.3 is 4.74 Å². The second-order valence-electron chi connectivity index (χ2n) is 2.73. The summed E-state index contributed by atoms with van der Waals surface area (Å²) >= 11 is 0. The van der Waals surface area contributed by atoms with Crippen LogP contribution in [0, 0.1) is 11.8 Å². The summed E-state index contributed by atoms with van der Waals surface area (Å²) in [6, 6.07) is 5.60. The van der Waals surface area contributed by atoms with Gasteiger partial charge in [-0.2, -0.15) is 0 Å². The highest BCUT2D eigenvalue weighted by atomic mass is 19.4. The Morgan fingerprint density at radius 3 is 2.67 bits per heavy atom. The summed E-state index contributed by atoms with van der Waals surface area (Å²) in [6.45, 7) is 1.86. The van der Waals surface area contributed by atoms with Crippen LogP contribution in [0.3, 0.4) is 0 Å². The topological polar surface area (TPSA) is 9.23 Å². The summed E-state index contributed by atoms with van der Waals surface area (Å²) < 4.78 is 39.4. The maximum Gasteiger partial charge on any atom is 0.573 e. The van der Waals surface area contributed by atoms with Crippen LogP contribution in [-0.2, 0) is 0 Å². The van der Waals surface area contributed by atoms with E-state index in [-0.39, 0.29) is 5.75 Å². The van der Waals surface area contributed by atoms with Gasteiger partial charge in [0.25, 0.3) is 0 Å². The molecule has 0 heterocycles. The van der Waals surface area contributed by atoms with Crippen LogP contribution in [0.2, 0.25) is 0 Å². The van der Waals surface area contributed by atoms with E-state index in [0.717, 1.165) is 0 Å². The van der Waals surface area contributed by atoms with Gasteiger partial charge in [0.2, 0.25) is 0 Å². The number of rotatable bonds is 1. The minimum atomic E-state index is -4.66. The van der Waals surface area contributed by atoms with Crippen LogP contribution in [0.4, 0.5) is 13.2 Å². The maximum absolute atomic E-state index is 11.9. The first-order valence-electron chi connectivity index (χ1n) is 4.36. The molecule has 0 amide bonds. The molecule has 80 valence electrons. The van der Waals surface area contributed by atoms with E-state index < -0.39 is 6.36 Å². The van der Waals surface area contributed by atoms with Crippen molar-refractivity contribution in [1.82, 2.24) is 0 Å². The largest absolute Gasteiger partial charge is 0.573 e. The molecule has 1 aromatic carbocycles. The summed E-state index contributed by atoms with van der Waals surface area (Å²) in [5.74, 6) is 5.25. The molecular weight excluding hydrogens is 205 g/mol. The highest BCUT2D eigenvalue weighted by molar-refractivity contribution is 5.39. The average molecular weight is 214 g/mol. The molecule has 0 aliphatic rings. The highest BCUT2D eigenvalue weighted by Gasteiger charge is 2.30. The Kier molecular flexibility index (Phi) is 3.62. The van der Waals surface area contributed by atoms with Gasteiger partial charge in [-0.1, -0.05) is 24.8 Å². The first-order chi connectivity index (χ1) is 7.01. The van der Waals surface area contributed by atoms with Gasteiger partial charge >= 0.3 is 6.36 Å². The lowest BCUT2D eigenvalue weighted by atomic mass is 10.2. The zero-order valence-electron chi connectivity index (χ0n) is 8.06. The van der Waals surface area contributed by atoms with E-state index in [1.54, 1.807) is 6.07 Å². The summed E-state index contributed by atoms with van der Waals surface area (Å²) in [5, 5.41) is 0. The minimum absolute atomic E-state index is 0.245. The quantitative estimate of drug-likeness (QED) is 0.651. The molecule has 1 nitrogen and oxygen atoms in total. The predicted octanol–water partition coefficient (Wildman–Crippen LogP) is 3.35. The second kappa shape index (κ2) is 4.74. The van der Waals surface area contributed by atoms with Crippen molar-refractivity contribution in [1.29, 1.82) is 0 Å². The zero-order valence-corrected chi connectivity index (χ0v) is 8.06. The molecule has 0 bridgehead atoms. The molecular formula is C11H9F3O. The first kappa shape index (κ1) is 11.4. The van der Waals surface area contributed by atoms with E-state index in [9.17, 15) is 13.2 Å². The van der Waals surface area contributed by atoms with Crippen molar-refractivity contribution in [3.05, 3.63) is 29.8 Å². The molecule has 0 unspecified atom stereocenters. The molecule has 0 fully saturated rings. The Morgan fingerprint density at radius 1 is 1.33 bits per heavy atom. The van der Waals surface area contributed by atoms with Gasteiger partial charge in [0, 0.05) is 12.0 Å². The van der Waals surface area contributed by atoms with Crippen LogP contribution >= 0.6 is 0 Å². The lowest BCUT2D eigenvalue weighted by Crippen LogP contribution is -2.17. The fourth-order valence-corrected chi connectivity index (χ4v) is 0.961. The number of halogens is 3. The summed E-state index contributed by atoms with van der Waals surface area (Å²) in [6.07, 6.45) is -4.00. The third-order valence-electron chi connectivity index (χ3n) is 1.48. The molecule has 0 N–H and O–H groups in total. The van der Waals surface area contributed by atoms with Crippen molar-refractivity contribution in [2.24, 2.45) is 0 Å². The molecule has 0 spiro atoms. The van der Waals surface area contributed by atoms with Gasteiger partial charge in [-0.3, -0.25) is 0 Å². The minimum Gasteiger partial charge on any atom is -0.406 e. The molecule has 1 rings (SSSR count). The fourth-order valence-electron chi connectivity index (χ4n) is 0.961. The molecule has 15 heavy (non-hydrogen) atoms. The standard InChI is InChI=1S/C11H9F3O/c1-2-3-5-9-6-4-7-10(8-9)15-11(12,13)14/h4,6-8H,2H2,1H3. The molecule has 0 radical (unpaired) electrons. The molecule has 0 aliphatic carbocycles. The van der Waals surface area contributed by atoms with Gasteiger partial charge in [-0.25, -0.2) is 0 Å². The predicted molar refractivity (Wildman–Crippen MR) is 50.3 cm³/mol. The van der Waals surface area contributed by atoms with Gasteiger partial charge in [-0.15, -0.1) is 13.2 Å². The number of hydrogen-bond donors (Lipinski definition) is 0. The second-order valence-corrected chi connectivity index (χ2v) is 2.73. The molecule has 0 aromatic heterocycles. The van der Waals surface area contributed by atoms with E-state index in [1.807, 2.05) is 6.92 Å². The molecule has 0 saturated carbocycles. The summed E-state index contributed by atoms with van der Waals surface area (Å²) in [5.41, 5.74) is 0.513. The fraction of sp³-hybridized carbons (Fsp3) is 0.273. The molecule has 0 aliphatic heterocycles. The lowest BCUT2D eigenvalue weighted by Gasteiger charge is -2.08. The number of alkyl halides is 3. The Morgan fingerprint density at radius 2 is 2.07 bits per heavy atom. The summed E-state index contributed by atoms with van der Waals surface area (Å²) in [4.78, 5) is 0. The van der Waals surface area contributed by atoms with Crippen LogP contribution in [0.25, 0.3) is 0 Å². The molecule has 0 saturated heterocycles. The van der Waals surface area contributed by atoms with Gasteiger partial charge in [-0.05, 0) is 18.2 Å². The van der Waals surface area contributed by atoms with E-state index >= 15 is 0 Å². The Labute approximate surface area is 85.9 Å². The van der Waals surface area contributed by atoms with Crippen LogP contribution in [0.15, 0.2) is 24.3 Å². The summed E-state index contributed by atoms with van der Waals surface area (Å²) in [7, 11) is 0. The number of benzene rings is 1. The van der Waals surface area contributed by atoms with E-state index in [4.69, 9.17) is 0 Å².